The Morgan fingerprint density at radius 1 is 1.33 bits per heavy atom. The molecule has 0 bridgehead atoms. The summed E-state index contributed by atoms with van der Waals surface area (Å²) in [7, 11) is 0. The molecule has 0 aliphatic carbocycles. The number of carbonyl (C=O) groups is 1. The van der Waals surface area contributed by atoms with Crippen LogP contribution in [0.5, 0.6) is 11.6 Å². The van der Waals surface area contributed by atoms with Crippen LogP contribution in [0.25, 0.3) is 0 Å². The van der Waals surface area contributed by atoms with Crippen LogP contribution in [0, 0.1) is 17.1 Å². The summed E-state index contributed by atoms with van der Waals surface area (Å²) in [5.41, 5.74) is 0.375. The number of aldehydes is 1. The number of nitrogens with zero attached hydrogens (tertiary/aromatic N) is 2. The van der Waals surface area contributed by atoms with Crippen molar-refractivity contribution in [2.75, 3.05) is 0 Å². The Labute approximate surface area is 102 Å². The van der Waals surface area contributed by atoms with Gasteiger partial charge in [-0.05, 0) is 18.2 Å². The lowest BCUT2D eigenvalue weighted by Crippen LogP contribution is -1.91. The second-order valence-electron chi connectivity index (χ2n) is 3.40. The number of carbonyl (C=O) groups excluding carboxylic acids is 1. The zero-order valence-corrected chi connectivity index (χ0v) is 9.13. The van der Waals surface area contributed by atoms with Gasteiger partial charge in [0.05, 0.1) is 5.56 Å². The second-order valence-corrected chi connectivity index (χ2v) is 3.40. The highest BCUT2D eigenvalue weighted by molar-refractivity contribution is 5.74. The maximum Gasteiger partial charge on any atom is 0.219 e. The first kappa shape index (κ1) is 11.7. The van der Waals surface area contributed by atoms with Crippen LogP contribution in [0.3, 0.4) is 0 Å². The van der Waals surface area contributed by atoms with Crippen LogP contribution in [-0.4, -0.2) is 11.3 Å². The summed E-state index contributed by atoms with van der Waals surface area (Å²) in [5, 5.41) is 8.58. The smallest absolute Gasteiger partial charge is 0.219 e. The molecule has 0 saturated heterocycles. The minimum Gasteiger partial charge on any atom is -0.439 e. The maximum absolute atomic E-state index is 13.3. The number of aromatic nitrogens is 1. The van der Waals surface area contributed by atoms with Gasteiger partial charge in [0.15, 0.2) is 6.29 Å². The second kappa shape index (κ2) is 5.06. The lowest BCUT2D eigenvalue weighted by atomic mass is 10.2. The lowest BCUT2D eigenvalue weighted by molar-refractivity contribution is 0.112. The minimum atomic E-state index is -0.653. The Kier molecular flexibility index (Phi) is 3.30. The van der Waals surface area contributed by atoms with Gasteiger partial charge in [0, 0.05) is 23.9 Å². The third-order valence-corrected chi connectivity index (χ3v) is 2.18. The van der Waals surface area contributed by atoms with E-state index >= 15 is 0 Å². The van der Waals surface area contributed by atoms with Crippen LogP contribution < -0.4 is 4.74 Å². The lowest BCUT2D eigenvalue weighted by Gasteiger charge is -2.04. The van der Waals surface area contributed by atoms with Gasteiger partial charge in [0.1, 0.15) is 17.6 Å². The van der Waals surface area contributed by atoms with Gasteiger partial charge in [-0.2, -0.15) is 5.26 Å². The Morgan fingerprint density at radius 3 is 2.72 bits per heavy atom. The molecular formula is C13H7FN2O2. The minimum absolute atomic E-state index is 0.0494. The summed E-state index contributed by atoms with van der Waals surface area (Å²) in [4.78, 5) is 14.3. The van der Waals surface area contributed by atoms with Crippen molar-refractivity contribution in [2.24, 2.45) is 0 Å². The van der Waals surface area contributed by atoms with Crippen molar-refractivity contribution in [3.63, 3.8) is 0 Å². The molecule has 1 aromatic heterocycles. The average Bonchev–Trinajstić information content (AvgIpc) is 2.40. The number of ether oxygens (including phenoxy) is 1. The quantitative estimate of drug-likeness (QED) is 0.776. The molecule has 0 unspecified atom stereocenters. The summed E-state index contributed by atoms with van der Waals surface area (Å²) in [6.07, 6.45) is 2.01. The third-order valence-electron chi connectivity index (χ3n) is 2.18. The SMILES string of the molecule is N#Cc1ccc(Oc2ccc(C=O)cn2)cc1F. The van der Waals surface area contributed by atoms with E-state index in [4.69, 9.17) is 10.00 Å². The van der Waals surface area contributed by atoms with Gasteiger partial charge >= 0.3 is 0 Å². The van der Waals surface area contributed by atoms with Gasteiger partial charge < -0.3 is 4.74 Å². The van der Waals surface area contributed by atoms with Crippen LogP contribution in [-0.2, 0) is 0 Å². The Morgan fingerprint density at radius 2 is 2.17 bits per heavy atom. The van der Waals surface area contributed by atoms with E-state index in [0.29, 0.717) is 11.8 Å². The molecule has 0 N–H and O–H groups in total. The van der Waals surface area contributed by atoms with Crippen molar-refractivity contribution in [3.8, 4) is 17.7 Å². The molecule has 0 amide bonds. The Bertz CT molecular complexity index is 618. The van der Waals surface area contributed by atoms with Crippen molar-refractivity contribution >= 4 is 6.29 Å². The molecule has 2 rings (SSSR count). The van der Waals surface area contributed by atoms with E-state index in [0.717, 1.165) is 6.07 Å². The van der Waals surface area contributed by atoms with Gasteiger partial charge in [-0.1, -0.05) is 0 Å². The highest BCUT2D eigenvalue weighted by Crippen LogP contribution is 2.21. The first-order valence-electron chi connectivity index (χ1n) is 5.01. The molecule has 1 heterocycles. The zero-order chi connectivity index (χ0) is 13.0. The number of hydrogen-bond acceptors (Lipinski definition) is 4. The van der Waals surface area contributed by atoms with E-state index in [-0.39, 0.29) is 17.2 Å². The molecule has 5 heteroatoms. The first-order chi connectivity index (χ1) is 8.72. The fourth-order valence-corrected chi connectivity index (χ4v) is 1.29. The third kappa shape index (κ3) is 2.50. The first-order valence-corrected chi connectivity index (χ1v) is 5.01. The molecule has 0 aliphatic heterocycles. The standard InChI is InChI=1S/C13H7FN2O2/c14-12-5-11(3-2-10(12)6-15)18-13-4-1-9(8-17)7-16-13/h1-5,7-8H. The van der Waals surface area contributed by atoms with Crippen LogP contribution in [0.15, 0.2) is 36.5 Å². The summed E-state index contributed by atoms with van der Waals surface area (Å²) in [6.45, 7) is 0. The van der Waals surface area contributed by atoms with E-state index in [9.17, 15) is 9.18 Å². The van der Waals surface area contributed by atoms with Gasteiger partial charge in [-0.15, -0.1) is 0 Å². The molecule has 2 aromatic rings. The van der Waals surface area contributed by atoms with Gasteiger partial charge in [0.2, 0.25) is 5.88 Å². The summed E-state index contributed by atoms with van der Waals surface area (Å²) < 4.78 is 18.6. The zero-order valence-electron chi connectivity index (χ0n) is 9.13. The van der Waals surface area contributed by atoms with E-state index in [1.165, 1.54) is 30.5 Å². The molecule has 0 spiro atoms. The Hall–Kier alpha value is -2.74. The maximum atomic E-state index is 13.3. The highest BCUT2D eigenvalue weighted by atomic mass is 19.1. The molecule has 0 aliphatic rings. The average molecular weight is 242 g/mol. The molecule has 4 nitrogen and oxygen atoms in total. The summed E-state index contributed by atoms with van der Waals surface area (Å²) in [5.74, 6) is -0.179. The number of benzene rings is 1. The number of hydrogen-bond donors (Lipinski definition) is 0. The van der Waals surface area contributed by atoms with Crippen molar-refractivity contribution < 1.29 is 13.9 Å². The number of rotatable bonds is 3. The largest absolute Gasteiger partial charge is 0.439 e. The fourth-order valence-electron chi connectivity index (χ4n) is 1.29. The molecule has 1 aromatic carbocycles. The van der Waals surface area contributed by atoms with E-state index < -0.39 is 5.82 Å². The normalized spacial score (nSPS) is 9.56. The van der Waals surface area contributed by atoms with Crippen LogP contribution in [0.4, 0.5) is 4.39 Å². The van der Waals surface area contributed by atoms with Gasteiger partial charge in [0.25, 0.3) is 0 Å². The van der Waals surface area contributed by atoms with E-state index in [1.807, 2.05) is 0 Å². The van der Waals surface area contributed by atoms with Crippen molar-refractivity contribution in [1.29, 1.82) is 5.26 Å². The predicted octanol–water partition coefficient (Wildman–Crippen LogP) is 2.70. The highest BCUT2D eigenvalue weighted by Gasteiger charge is 2.05. The fraction of sp³-hybridized carbons (Fsp3) is 0. The number of halogens is 1. The molecule has 0 atom stereocenters. The van der Waals surface area contributed by atoms with Crippen LogP contribution in [0.2, 0.25) is 0 Å². The van der Waals surface area contributed by atoms with Crippen LogP contribution >= 0.6 is 0 Å². The van der Waals surface area contributed by atoms with Gasteiger partial charge in [-0.25, -0.2) is 9.37 Å². The number of pyridine rings is 1. The van der Waals surface area contributed by atoms with Crippen molar-refractivity contribution in [3.05, 3.63) is 53.5 Å². The summed E-state index contributed by atoms with van der Waals surface area (Å²) in [6, 6.07) is 8.65. The van der Waals surface area contributed by atoms with Crippen molar-refractivity contribution in [1.82, 2.24) is 4.98 Å². The molecule has 0 saturated carbocycles. The molecule has 88 valence electrons. The summed E-state index contributed by atoms with van der Waals surface area (Å²) >= 11 is 0. The van der Waals surface area contributed by atoms with E-state index in [2.05, 4.69) is 4.98 Å². The molecule has 18 heavy (non-hydrogen) atoms. The predicted molar refractivity (Wildman–Crippen MR) is 60.8 cm³/mol. The van der Waals surface area contributed by atoms with Crippen LogP contribution in [0.1, 0.15) is 15.9 Å². The molecular weight excluding hydrogens is 235 g/mol. The molecule has 0 fully saturated rings. The van der Waals surface area contributed by atoms with Crippen molar-refractivity contribution in [2.45, 2.75) is 0 Å². The van der Waals surface area contributed by atoms with E-state index in [1.54, 1.807) is 6.07 Å². The molecule has 0 radical (unpaired) electrons. The monoisotopic (exact) mass is 242 g/mol. The Balaban J connectivity index is 2.20. The topological polar surface area (TPSA) is 63.0 Å². The van der Waals surface area contributed by atoms with Gasteiger partial charge in [-0.3, -0.25) is 4.79 Å². The number of nitriles is 1.